The molecule has 0 saturated carbocycles. The molecule has 8 nitrogen and oxygen atoms in total. The summed E-state index contributed by atoms with van der Waals surface area (Å²) in [5.74, 6) is -0.299. The predicted molar refractivity (Wildman–Crippen MR) is 144 cm³/mol. The lowest BCUT2D eigenvalue weighted by molar-refractivity contribution is -0.141. The molecule has 0 bridgehead atoms. The predicted octanol–water partition coefficient (Wildman–Crippen LogP) is 4.88. The summed E-state index contributed by atoms with van der Waals surface area (Å²) in [5.41, 5.74) is 4.61. The first-order chi connectivity index (χ1) is 18.4. The summed E-state index contributed by atoms with van der Waals surface area (Å²) in [6.07, 6.45) is 4.47. The van der Waals surface area contributed by atoms with Gasteiger partial charge in [0, 0.05) is 30.0 Å². The van der Waals surface area contributed by atoms with Gasteiger partial charge in [0.05, 0.1) is 25.4 Å². The van der Waals surface area contributed by atoms with E-state index in [2.05, 4.69) is 6.92 Å². The number of ether oxygens (including phenoxy) is 2. The Hall–Kier alpha value is -4.48. The number of carbonyl (C=O) groups excluding carboxylic acids is 2. The molecule has 0 radical (unpaired) electrons. The fraction of sp³-hybridized carbons (Fsp3) is 0.267. The van der Waals surface area contributed by atoms with E-state index >= 15 is 0 Å². The summed E-state index contributed by atoms with van der Waals surface area (Å²) in [5, 5.41) is 14.6. The maximum absolute atomic E-state index is 13.4. The Morgan fingerprint density at radius 1 is 1.05 bits per heavy atom. The number of aromatic nitrogens is 2. The Balaban J connectivity index is 1.88. The zero-order valence-corrected chi connectivity index (χ0v) is 22.0. The molecule has 0 spiro atoms. The van der Waals surface area contributed by atoms with Gasteiger partial charge in [0.2, 0.25) is 0 Å². The van der Waals surface area contributed by atoms with Gasteiger partial charge in [-0.1, -0.05) is 25.1 Å². The Morgan fingerprint density at radius 2 is 1.82 bits per heavy atom. The van der Waals surface area contributed by atoms with Crippen molar-refractivity contribution in [3.63, 3.8) is 0 Å². The number of hydrogen-bond donors (Lipinski definition) is 0. The van der Waals surface area contributed by atoms with Gasteiger partial charge >= 0.3 is 0 Å². The first-order valence-electron chi connectivity index (χ1n) is 12.5. The van der Waals surface area contributed by atoms with Crippen molar-refractivity contribution >= 4 is 17.9 Å². The average molecular weight is 511 g/mol. The first-order valence-corrected chi connectivity index (χ1v) is 12.5. The van der Waals surface area contributed by atoms with Gasteiger partial charge in [0.1, 0.15) is 23.1 Å². The second kappa shape index (κ2) is 11.7. The van der Waals surface area contributed by atoms with Crippen molar-refractivity contribution in [2.75, 3.05) is 26.9 Å². The quantitative estimate of drug-likeness (QED) is 0.301. The molecule has 1 aliphatic rings. The van der Waals surface area contributed by atoms with Crippen LogP contribution in [0.5, 0.6) is 5.75 Å². The third-order valence-electron chi connectivity index (χ3n) is 6.33. The molecule has 1 aliphatic heterocycles. The molecule has 1 aromatic heterocycles. The summed E-state index contributed by atoms with van der Waals surface area (Å²) in [6, 6.07) is 17.5. The molecule has 0 unspecified atom stereocenters. The van der Waals surface area contributed by atoms with Gasteiger partial charge in [-0.3, -0.25) is 14.5 Å². The van der Waals surface area contributed by atoms with Crippen LogP contribution < -0.4 is 4.74 Å². The molecule has 0 atom stereocenters. The molecule has 8 heteroatoms. The number of hydrogen-bond acceptors (Lipinski definition) is 6. The number of nitrogens with zero attached hydrogens (tertiary/aromatic N) is 4. The maximum Gasteiger partial charge on any atom is 0.271 e. The molecule has 2 heterocycles. The van der Waals surface area contributed by atoms with Crippen LogP contribution in [0.4, 0.5) is 0 Å². The van der Waals surface area contributed by atoms with Crippen molar-refractivity contribution in [1.29, 1.82) is 5.26 Å². The van der Waals surface area contributed by atoms with Crippen LogP contribution >= 0.6 is 0 Å². The van der Waals surface area contributed by atoms with E-state index in [-0.39, 0.29) is 24.3 Å². The smallest absolute Gasteiger partial charge is 0.271 e. The fourth-order valence-corrected chi connectivity index (χ4v) is 4.30. The lowest BCUT2D eigenvalue weighted by atomic mass is 9.93. The van der Waals surface area contributed by atoms with Crippen molar-refractivity contribution in [2.45, 2.75) is 27.2 Å². The van der Waals surface area contributed by atoms with E-state index in [1.54, 1.807) is 17.7 Å². The van der Waals surface area contributed by atoms with E-state index < -0.39 is 11.8 Å². The highest BCUT2D eigenvalue weighted by Crippen LogP contribution is 2.33. The summed E-state index contributed by atoms with van der Waals surface area (Å²) in [7, 11) is 1.49. The Morgan fingerprint density at radius 3 is 2.47 bits per heavy atom. The van der Waals surface area contributed by atoms with Crippen LogP contribution in [0, 0.1) is 18.3 Å². The van der Waals surface area contributed by atoms with E-state index in [4.69, 9.17) is 14.6 Å². The van der Waals surface area contributed by atoms with Crippen molar-refractivity contribution in [3.05, 3.63) is 82.6 Å². The lowest BCUT2D eigenvalue weighted by Gasteiger charge is -2.27. The van der Waals surface area contributed by atoms with Crippen molar-refractivity contribution < 1.29 is 19.1 Å². The van der Waals surface area contributed by atoms with Crippen LogP contribution in [-0.2, 0) is 14.3 Å². The van der Waals surface area contributed by atoms with Gasteiger partial charge < -0.3 is 9.47 Å². The minimum absolute atomic E-state index is 0.0540. The van der Waals surface area contributed by atoms with Crippen molar-refractivity contribution in [2.24, 2.45) is 0 Å². The van der Waals surface area contributed by atoms with E-state index in [1.807, 2.05) is 67.7 Å². The molecular formula is C30H30N4O4. The highest BCUT2D eigenvalue weighted by atomic mass is 16.5. The number of methoxy groups -OCH3 is 1. The topological polar surface area (TPSA) is 97.4 Å². The molecule has 0 aliphatic carbocycles. The molecule has 4 rings (SSSR count). The highest BCUT2D eigenvalue weighted by molar-refractivity contribution is 6.19. The van der Waals surface area contributed by atoms with Crippen LogP contribution in [-0.4, -0.2) is 53.4 Å². The summed E-state index contributed by atoms with van der Waals surface area (Å²) in [6.45, 7) is 6.53. The molecule has 2 amide bonds. The number of imide groups is 1. The number of aryl methyl sites for hydroxylation is 1. The van der Waals surface area contributed by atoms with Crippen LogP contribution in [0.2, 0.25) is 0 Å². The van der Waals surface area contributed by atoms with Gasteiger partial charge in [0.15, 0.2) is 0 Å². The normalized spacial score (nSPS) is 14.8. The lowest BCUT2D eigenvalue weighted by Crippen LogP contribution is -2.44. The van der Waals surface area contributed by atoms with E-state index in [0.717, 1.165) is 33.9 Å². The number of benzene rings is 2. The van der Waals surface area contributed by atoms with Gasteiger partial charge in [-0.25, -0.2) is 4.68 Å². The zero-order valence-electron chi connectivity index (χ0n) is 22.0. The summed E-state index contributed by atoms with van der Waals surface area (Å²) < 4.78 is 12.6. The molecule has 0 saturated heterocycles. The Kier molecular flexibility index (Phi) is 8.19. The molecule has 3 aromatic rings. The zero-order chi connectivity index (χ0) is 27.2. The average Bonchev–Trinajstić information content (AvgIpc) is 3.34. The molecular weight excluding hydrogens is 480 g/mol. The molecule has 0 fully saturated rings. The monoisotopic (exact) mass is 510 g/mol. The second-order valence-corrected chi connectivity index (χ2v) is 8.96. The minimum Gasteiger partial charge on any atom is -0.494 e. The highest BCUT2D eigenvalue weighted by Gasteiger charge is 2.35. The number of para-hydroxylation sites is 1. The number of rotatable bonds is 9. The minimum atomic E-state index is -0.608. The third-order valence-corrected chi connectivity index (χ3v) is 6.33. The van der Waals surface area contributed by atoms with Gasteiger partial charge in [0.25, 0.3) is 11.8 Å². The van der Waals surface area contributed by atoms with E-state index in [9.17, 15) is 14.9 Å². The standard InChI is InChI=1S/C30H30N4O4/c1-5-14-38-24-11-12-25(20(2)16-24)28-22(19-34(32-28)23-9-7-6-8-10-23)17-26-21(3)27(18-31)30(36)33(29(26)35)13-15-37-4/h6-12,16-17,19H,5,13-15H2,1-4H3/b26-17+. The van der Waals surface area contributed by atoms with Crippen LogP contribution in [0.1, 0.15) is 31.4 Å². The van der Waals surface area contributed by atoms with E-state index in [0.29, 0.717) is 23.4 Å². The fourth-order valence-electron chi connectivity index (χ4n) is 4.30. The van der Waals surface area contributed by atoms with E-state index in [1.165, 1.54) is 7.11 Å². The largest absolute Gasteiger partial charge is 0.494 e. The Labute approximate surface area is 222 Å². The molecule has 194 valence electrons. The van der Waals surface area contributed by atoms with Crippen LogP contribution in [0.15, 0.2) is 71.4 Å². The number of nitriles is 1. The molecule has 0 N–H and O–H groups in total. The van der Waals surface area contributed by atoms with Gasteiger partial charge in [-0.2, -0.15) is 10.4 Å². The van der Waals surface area contributed by atoms with Gasteiger partial charge in [-0.05, 0) is 67.8 Å². The third kappa shape index (κ3) is 5.29. The van der Waals surface area contributed by atoms with Crippen molar-refractivity contribution in [3.8, 4) is 28.8 Å². The molecule has 2 aromatic carbocycles. The SMILES string of the molecule is CCCOc1ccc(-c2nn(-c3ccccc3)cc2/C=C2/C(=O)N(CCOC)C(=O)C(C#N)=C2C)c(C)c1. The summed E-state index contributed by atoms with van der Waals surface area (Å²) >= 11 is 0. The second-order valence-electron chi connectivity index (χ2n) is 8.96. The molecule has 38 heavy (non-hydrogen) atoms. The summed E-state index contributed by atoms with van der Waals surface area (Å²) in [4.78, 5) is 27.3. The van der Waals surface area contributed by atoms with Crippen molar-refractivity contribution in [1.82, 2.24) is 14.7 Å². The van der Waals surface area contributed by atoms with Crippen LogP contribution in [0.25, 0.3) is 23.0 Å². The first kappa shape index (κ1) is 26.6. The number of carbonyl (C=O) groups is 2. The number of amides is 2. The van der Waals surface area contributed by atoms with Crippen LogP contribution in [0.3, 0.4) is 0 Å². The van der Waals surface area contributed by atoms with Gasteiger partial charge in [-0.15, -0.1) is 0 Å². The maximum atomic E-state index is 13.4. The Bertz CT molecular complexity index is 1460.